The van der Waals surface area contributed by atoms with Crippen LogP contribution in [0, 0.1) is 11.8 Å². The summed E-state index contributed by atoms with van der Waals surface area (Å²) in [5.41, 5.74) is 0. The molecular formula is C17H34N2O. The second-order valence-corrected chi connectivity index (χ2v) is 7.12. The maximum absolute atomic E-state index is 5.50. The summed E-state index contributed by atoms with van der Waals surface area (Å²) < 4.78 is 5.50. The molecule has 1 N–H and O–H groups in total. The molecule has 3 heteroatoms. The van der Waals surface area contributed by atoms with Crippen molar-refractivity contribution < 1.29 is 4.74 Å². The van der Waals surface area contributed by atoms with Crippen molar-refractivity contribution in [1.82, 2.24) is 10.2 Å². The lowest BCUT2D eigenvalue weighted by Crippen LogP contribution is -2.49. The fourth-order valence-corrected chi connectivity index (χ4v) is 3.78. The maximum Gasteiger partial charge on any atom is 0.0594 e. The molecule has 0 spiro atoms. The van der Waals surface area contributed by atoms with Gasteiger partial charge in [0.2, 0.25) is 0 Å². The molecule has 2 fully saturated rings. The van der Waals surface area contributed by atoms with Crippen LogP contribution in [0.15, 0.2) is 0 Å². The predicted octanol–water partition coefficient (Wildman–Crippen LogP) is 2.90. The summed E-state index contributed by atoms with van der Waals surface area (Å²) in [6.07, 6.45) is 6.87. The largest absolute Gasteiger partial charge is 0.379 e. The van der Waals surface area contributed by atoms with E-state index >= 15 is 0 Å². The fourth-order valence-electron chi connectivity index (χ4n) is 3.78. The van der Waals surface area contributed by atoms with E-state index in [1.54, 1.807) is 0 Å². The summed E-state index contributed by atoms with van der Waals surface area (Å²) in [7, 11) is 0. The molecule has 3 atom stereocenters. The van der Waals surface area contributed by atoms with Gasteiger partial charge in [-0.1, -0.05) is 27.2 Å². The number of nitrogens with zero attached hydrogens (tertiary/aromatic N) is 1. The highest BCUT2D eigenvalue weighted by molar-refractivity contribution is 4.84. The molecule has 20 heavy (non-hydrogen) atoms. The van der Waals surface area contributed by atoms with Crippen molar-refractivity contribution in [2.45, 2.75) is 65.0 Å². The second-order valence-electron chi connectivity index (χ2n) is 7.12. The second kappa shape index (κ2) is 8.35. The molecule has 2 aliphatic rings. The Morgan fingerprint density at radius 3 is 2.55 bits per heavy atom. The fraction of sp³-hybridized carbons (Fsp3) is 1.00. The zero-order valence-corrected chi connectivity index (χ0v) is 13.7. The first-order valence-electron chi connectivity index (χ1n) is 8.74. The lowest BCUT2D eigenvalue weighted by atomic mass is 10.0. The summed E-state index contributed by atoms with van der Waals surface area (Å²) in [5.74, 6) is 1.75. The Morgan fingerprint density at radius 2 is 1.95 bits per heavy atom. The summed E-state index contributed by atoms with van der Waals surface area (Å²) in [5, 5.41) is 3.87. The molecule has 1 aliphatic carbocycles. The molecular weight excluding hydrogens is 248 g/mol. The molecule has 0 aromatic rings. The van der Waals surface area contributed by atoms with E-state index in [0.717, 1.165) is 44.2 Å². The number of rotatable bonds is 7. The van der Waals surface area contributed by atoms with Gasteiger partial charge in [-0.2, -0.15) is 0 Å². The van der Waals surface area contributed by atoms with E-state index in [9.17, 15) is 0 Å². The summed E-state index contributed by atoms with van der Waals surface area (Å²) in [6.45, 7) is 12.2. The molecule has 118 valence electrons. The minimum Gasteiger partial charge on any atom is -0.379 e. The Balaban J connectivity index is 1.78. The van der Waals surface area contributed by atoms with Crippen LogP contribution in [0.4, 0.5) is 0 Å². The highest BCUT2D eigenvalue weighted by Crippen LogP contribution is 2.28. The minimum atomic E-state index is 0.694. The number of nitrogens with one attached hydrogen (secondary N) is 1. The highest BCUT2D eigenvalue weighted by atomic mass is 16.5. The molecule has 0 amide bonds. The average Bonchev–Trinajstić information content (AvgIpc) is 2.92. The average molecular weight is 282 g/mol. The zero-order chi connectivity index (χ0) is 14.4. The van der Waals surface area contributed by atoms with Gasteiger partial charge in [0.05, 0.1) is 13.2 Å². The van der Waals surface area contributed by atoms with Gasteiger partial charge in [-0.3, -0.25) is 4.90 Å². The molecule has 1 saturated heterocycles. The van der Waals surface area contributed by atoms with Crippen LogP contribution >= 0.6 is 0 Å². The zero-order valence-electron chi connectivity index (χ0n) is 13.7. The molecule has 1 aliphatic heterocycles. The van der Waals surface area contributed by atoms with Crippen molar-refractivity contribution in [1.29, 1.82) is 0 Å². The molecule has 3 unspecified atom stereocenters. The molecule has 0 aromatic heterocycles. The van der Waals surface area contributed by atoms with Crippen LogP contribution in [0.3, 0.4) is 0 Å². The van der Waals surface area contributed by atoms with Crippen LogP contribution in [-0.4, -0.2) is 49.8 Å². The third-order valence-electron chi connectivity index (χ3n) is 5.07. The Morgan fingerprint density at radius 1 is 1.20 bits per heavy atom. The van der Waals surface area contributed by atoms with Crippen molar-refractivity contribution in [3.05, 3.63) is 0 Å². The Bertz CT molecular complexity index is 264. The Labute approximate surface area is 125 Å². The van der Waals surface area contributed by atoms with E-state index in [-0.39, 0.29) is 0 Å². The van der Waals surface area contributed by atoms with Crippen molar-refractivity contribution in [3.63, 3.8) is 0 Å². The summed E-state index contributed by atoms with van der Waals surface area (Å²) in [4.78, 5) is 2.64. The van der Waals surface area contributed by atoms with E-state index in [2.05, 4.69) is 31.0 Å². The van der Waals surface area contributed by atoms with Crippen molar-refractivity contribution >= 4 is 0 Å². The van der Waals surface area contributed by atoms with E-state index in [1.807, 2.05) is 0 Å². The maximum atomic E-state index is 5.50. The van der Waals surface area contributed by atoms with Gasteiger partial charge in [-0.15, -0.1) is 0 Å². The lowest BCUT2D eigenvalue weighted by Gasteiger charge is -2.36. The molecule has 2 rings (SSSR count). The summed E-state index contributed by atoms with van der Waals surface area (Å²) >= 11 is 0. The molecule has 1 saturated carbocycles. The van der Waals surface area contributed by atoms with Gasteiger partial charge in [0, 0.05) is 31.7 Å². The van der Waals surface area contributed by atoms with Crippen LogP contribution in [0.1, 0.15) is 52.9 Å². The first kappa shape index (κ1) is 16.3. The van der Waals surface area contributed by atoms with Crippen molar-refractivity contribution in [2.24, 2.45) is 11.8 Å². The van der Waals surface area contributed by atoms with Crippen molar-refractivity contribution in [3.8, 4) is 0 Å². The molecule has 0 bridgehead atoms. The molecule has 1 heterocycles. The van der Waals surface area contributed by atoms with Crippen molar-refractivity contribution in [2.75, 3.05) is 32.8 Å². The normalized spacial score (nSPS) is 30.0. The first-order chi connectivity index (χ1) is 9.69. The van der Waals surface area contributed by atoms with Gasteiger partial charge in [0.25, 0.3) is 0 Å². The predicted molar refractivity (Wildman–Crippen MR) is 85.1 cm³/mol. The third kappa shape index (κ3) is 5.01. The Kier molecular flexibility index (Phi) is 6.79. The van der Waals surface area contributed by atoms with E-state index in [4.69, 9.17) is 4.74 Å². The smallest absolute Gasteiger partial charge is 0.0594 e. The minimum absolute atomic E-state index is 0.694. The van der Waals surface area contributed by atoms with E-state index in [1.165, 1.54) is 38.6 Å². The van der Waals surface area contributed by atoms with Crippen LogP contribution in [0.5, 0.6) is 0 Å². The molecule has 0 aromatic carbocycles. The van der Waals surface area contributed by atoms with Crippen LogP contribution < -0.4 is 5.32 Å². The van der Waals surface area contributed by atoms with Gasteiger partial charge >= 0.3 is 0 Å². The van der Waals surface area contributed by atoms with Gasteiger partial charge < -0.3 is 10.1 Å². The number of hydrogen-bond acceptors (Lipinski definition) is 3. The topological polar surface area (TPSA) is 24.5 Å². The number of morpholine rings is 1. The highest BCUT2D eigenvalue weighted by Gasteiger charge is 2.26. The van der Waals surface area contributed by atoms with E-state index in [0.29, 0.717) is 6.04 Å². The first-order valence-corrected chi connectivity index (χ1v) is 8.74. The summed E-state index contributed by atoms with van der Waals surface area (Å²) in [6, 6.07) is 1.47. The quantitative estimate of drug-likeness (QED) is 0.777. The standard InChI is InChI=1S/C17H34N2O/c1-4-15-5-6-16(12-15)18-13-17(11-14(2)3)19-7-9-20-10-8-19/h14-18H,4-13H2,1-3H3. The monoisotopic (exact) mass is 282 g/mol. The van der Waals surface area contributed by atoms with Gasteiger partial charge in [0.1, 0.15) is 0 Å². The Hall–Kier alpha value is -0.120. The van der Waals surface area contributed by atoms with Crippen LogP contribution in [-0.2, 0) is 4.74 Å². The molecule has 0 radical (unpaired) electrons. The lowest BCUT2D eigenvalue weighted by molar-refractivity contribution is 0.0118. The van der Waals surface area contributed by atoms with Gasteiger partial charge in [-0.05, 0) is 37.5 Å². The van der Waals surface area contributed by atoms with Crippen LogP contribution in [0.2, 0.25) is 0 Å². The van der Waals surface area contributed by atoms with Gasteiger partial charge in [-0.25, -0.2) is 0 Å². The third-order valence-corrected chi connectivity index (χ3v) is 5.07. The number of ether oxygens (including phenoxy) is 1. The van der Waals surface area contributed by atoms with Crippen LogP contribution in [0.25, 0.3) is 0 Å². The van der Waals surface area contributed by atoms with Gasteiger partial charge in [0.15, 0.2) is 0 Å². The van der Waals surface area contributed by atoms with E-state index < -0.39 is 0 Å². The number of hydrogen-bond donors (Lipinski definition) is 1. The SMILES string of the molecule is CCC1CCC(NCC(CC(C)C)N2CCOCC2)C1. The molecule has 3 nitrogen and oxygen atoms in total.